The molecule has 32 heavy (non-hydrogen) atoms. The Balaban J connectivity index is 1.68. The van der Waals surface area contributed by atoms with Gasteiger partial charge in [-0.1, -0.05) is 76.2 Å². The first-order chi connectivity index (χ1) is 15.4. The van der Waals surface area contributed by atoms with Crippen molar-refractivity contribution < 1.29 is 0 Å². The molecule has 0 N–H and O–H groups in total. The van der Waals surface area contributed by atoms with Gasteiger partial charge < -0.3 is 0 Å². The Hall–Kier alpha value is -3.52. The van der Waals surface area contributed by atoms with E-state index in [9.17, 15) is 0 Å². The topological polar surface area (TPSA) is 25.8 Å². The highest BCUT2D eigenvalue weighted by atomic mass is 14.9. The van der Waals surface area contributed by atoms with Gasteiger partial charge in [0.25, 0.3) is 0 Å². The molecule has 0 saturated carbocycles. The normalized spacial score (nSPS) is 14.2. The van der Waals surface area contributed by atoms with Crippen LogP contribution in [-0.2, 0) is 5.41 Å². The van der Waals surface area contributed by atoms with Crippen LogP contribution in [0.2, 0.25) is 0 Å². The number of nitrogens with zero attached hydrogens (tertiary/aromatic N) is 2. The third-order valence-corrected chi connectivity index (χ3v) is 7.06. The van der Waals surface area contributed by atoms with Crippen molar-refractivity contribution in [2.75, 3.05) is 0 Å². The lowest BCUT2D eigenvalue weighted by Gasteiger charge is -2.20. The van der Waals surface area contributed by atoms with E-state index in [1.165, 1.54) is 49.4 Å². The summed E-state index contributed by atoms with van der Waals surface area (Å²) < 4.78 is 0. The molecule has 0 fully saturated rings. The van der Waals surface area contributed by atoms with E-state index in [0.29, 0.717) is 5.92 Å². The quantitative estimate of drug-likeness (QED) is 0.293. The molecule has 0 unspecified atom stereocenters. The maximum atomic E-state index is 4.86. The van der Waals surface area contributed by atoms with Crippen LogP contribution < -0.4 is 0 Å². The van der Waals surface area contributed by atoms with E-state index >= 15 is 0 Å². The van der Waals surface area contributed by atoms with Gasteiger partial charge in [0, 0.05) is 16.5 Å². The molecule has 1 aliphatic rings. The average molecular weight is 415 g/mol. The molecule has 0 atom stereocenters. The Morgan fingerprint density at radius 1 is 0.750 bits per heavy atom. The number of fused-ring (bicyclic) bond motifs is 5. The second kappa shape index (κ2) is 6.74. The molecule has 156 valence electrons. The number of aromatic nitrogens is 2. The van der Waals surface area contributed by atoms with E-state index in [0.717, 1.165) is 11.4 Å². The van der Waals surface area contributed by atoms with Gasteiger partial charge in [0.2, 0.25) is 0 Å². The van der Waals surface area contributed by atoms with E-state index in [4.69, 9.17) is 9.97 Å². The van der Waals surface area contributed by atoms with E-state index in [1.54, 1.807) is 6.33 Å². The molecule has 2 heteroatoms. The van der Waals surface area contributed by atoms with Crippen molar-refractivity contribution in [2.45, 2.75) is 39.0 Å². The Kier molecular flexibility index (Phi) is 4.04. The molecule has 0 bridgehead atoms. The number of hydrogen-bond acceptors (Lipinski definition) is 2. The van der Waals surface area contributed by atoms with Crippen LogP contribution in [0, 0.1) is 0 Å². The summed E-state index contributed by atoms with van der Waals surface area (Å²) in [7, 11) is 0. The van der Waals surface area contributed by atoms with E-state index in [1.807, 2.05) is 0 Å². The lowest BCUT2D eigenvalue weighted by atomic mass is 9.84. The fraction of sp³-hybridized carbons (Fsp3) is 0.200. The summed E-state index contributed by atoms with van der Waals surface area (Å²) in [6.45, 7) is 9.09. The molecular formula is C30H26N2. The average Bonchev–Trinajstić information content (AvgIpc) is 3.03. The number of benzene rings is 4. The molecule has 2 nitrogen and oxygen atoms in total. The summed E-state index contributed by atoms with van der Waals surface area (Å²) in [6.07, 6.45) is 1.74. The summed E-state index contributed by atoms with van der Waals surface area (Å²) in [5, 5.41) is 5.11. The maximum absolute atomic E-state index is 4.86. The predicted molar refractivity (Wildman–Crippen MR) is 134 cm³/mol. The van der Waals surface area contributed by atoms with Crippen LogP contribution in [0.3, 0.4) is 0 Å². The molecule has 0 radical (unpaired) electrons. The standard InChI is InChI=1S/C30H26N2/c1-18(2)24-15-22(13-21-11-7-8-12-23(21)24)28-27-25-14-19-9-5-6-10-20(19)16-26(25)30(3,4)29(27)32-17-31-28/h5-18H,1-4H3. The van der Waals surface area contributed by atoms with Crippen molar-refractivity contribution >= 4 is 21.5 Å². The third-order valence-electron chi connectivity index (χ3n) is 7.06. The van der Waals surface area contributed by atoms with Crippen molar-refractivity contribution in [3.63, 3.8) is 0 Å². The summed E-state index contributed by atoms with van der Waals surface area (Å²) in [5.74, 6) is 0.433. The van der Waals surface area contributed by atoms with E-state index < -0.39 is 0 Å². The molecule has 0 amide bonds. The van der Waals surface area contributed by atoms with Gasteiger partial charge in [0.1, 0.15) is 6.33 Å². The summed E-state index contributed by atoms with van der Waals surface area (Å²) in [5.41, 5.74) is 8.30. The molecule has 1 aromatic heterocycles. The molecule has 0 saturated heterocycles. The minimum absolute atomic E-state index is 0.163. The monoisotopic (exact) mass is 414 g/mol. The smallest absolute Gasteiger partial charge is 0.116 e. The van der Waals surface area contributed by atoms with Crippen LogP contribution in [0.25, 0.3) is 43.9 Å². The zero-order chi connectivity index (χ0) is 22.0. The molecule has 0 aliphatic heterocycles. The van der Waals surface area contributed by atoms with Gasteiger partial charge in [-0.25, -0.2) is 9.97 Å². The minimum Gasteiger partial charge on any atom is -0.240 e. The van der Waals surface area contributed by atoms with Crippen LogP contribution >= 0.6 is 0 Å². The van der Waals surface area contributed by atoms with Crippen molar-refractivity contribution in [1.29, 1.82) is 0 Å². The molecule has 4 aromatic carbocycles. The van der Waals surface area contributed by atoms with Gasteiger partial charge in [-0.15, -0.1) is 0 Å². The van der Waals surface area contributed by atoms with Crippen LogP contribution in [0.4, 0.5) is 0 Å². The zero-order valence-electron chi connectivity index (χ0n) is 19.0. The summed E-state index contributed by atoms with van der Waals surface area (Å²) >= 11 is 0. The first kappa shape index (κ1) is 19.2. The largest absolute Gasteiger partial charge is 0.240 e. The highest BCUT2D eigenvalue weighted by Crippen LogP contribution is 2.51. The highest BCUT2D eigenvalue weighted by molar-refractivity contribution is 5.98. The fourth-order valence-electron chi connectivity index (χ4n) is 5.38. The number of rotatable bonds is 2. The minimum atomic E-state index is -0.163. The van der Waals surface area contributed by atoms with Gasteiger partial charge in [0.05, 0.1) is 11.4 Å². The van der Waals surface area contributed by atoms with Gasteiger partial charge >= 0.3 is 0 Å². The second-order valence-corrected chi connectivity index (χ2v) is 9.76. The first-order valence-electron chi connectivity index (χ1n) is 11.4. The predicted octanol–water partition coefficient (Wildman–Crippen LogP) is 7.88. The first-order valence-corrected chi connectivity index (χ1v) is 11.4. The van der Waals surface area contributed by atoms with Gasteiger partial charge in [-0.2, -0.15) is 0 Å². The molecule has 0 spiro atoms. The van der Waals surface area contributed by atoms with Crippen LogP contribution in [0.15, 0.2) is 79.1 Å². The molecule has 1 heterocycles. The van der Waals surface area contributed by atoms with Crippen LogP contribution in [0.5, 0.6) is 0 Å². The Morgan fingerprint density at radius 2 is 1.44 bits per heavy atom. The van der Waals surface area contributed by atoms with E-state index in [-0.39, 0.29) is 5.41 Å². The Bertz CT molecular complexity index is 1530. The van der Waals surface area contributed by atoms with Gasteiger partial charge in [0.15, 0.2) is 0 Å². The van der Waals surface area contributed by atoms with Crippen LogP contribution in [-0.4, -0.2) is 9.97 Å². The fourth-order valence-corrected chi connectivity index (χ4v) is 5.38. The van der Waals surface area contributed by atoms with E-state index in [2.05, 4.69) is 100 Å². The van der Waals surface area contributed by atoms with Crippen LogP contribution in [0.1, 0.15) is 50.4 Å². The number of hydrogen-bond donors (Lipinski definition) is 0. The van der Waals surface area contributed by atoms with Gasteiger partial charge in [-0.3, -0.25) is 0 Å². The van der Waals surface area contributed by atoms with Crippen molar-refractivity contribution in [3.8, 4) is 22.4 Å². The lowest BCUT2D eigenvalue weighted by Crippen LogP contribution is -2.17. The zero-order valence-corrected chi connectivity index (χ0v) is 19.0. The molecule has 5 aromatic rings. The molecule has 1 aliphatic carbocycles. The lowest BCUT2D eigenvalue weighted by molar-refractivity contribution is 0.635. The highest BCUT2D eigenvalue weighted by Gasteiger charge is 2.39. The van der Waals surface area contributed by atoms with Crippen molar-refractivity contribution in [1.82, 2.24) is 9.97 Å². The maximum Gasteiger partial charge on any atom is 0.116 e. The SMILES string of the molecule is CC(C)c1cc(-c2ncnc3c2-c2cc4ccccc4cc2C3(C)C)cc2ccccc12. The Labute approximate surface area is 189 Å². The Morgan fingerprint density at radius 3 is 2.19 bits per heavy atom. The summed E-state index contributed by atoms with van der Waals surface area (Å²) in [4.78, 5) is 9.67. The molecular weight excluding hydrogens is 388 g/mol. The van der Waals surface area contributed by atoms with Gasteiger partial charge in [-0.05, 0) is 68.4 Å². The second-order valence-electron chi connectivity index (χ2n) is 9.76. The van der Waals surface area contributed by atoms with Crippen molar-refractivity contribution in [3.05, 3.63) is 95.9 Å². The summed E-state index contributed by atoms with van der Waals surface area (Å²) in [6, 6.07) is 26.6. The van der Waals surface area contributed by atoms with Crippen molar-refractivity contribution in [2.24, 2.45) is 0 Å². The third kappa shape index (κ3) is 2.65. The molecule has 6 rings (SSSR count).